The number of likely N-dealkylation sites (tertiary alicyclic amines) is 1. The summed E-state index contributed by atoms with van der Waals surface area (Å²) in [5.74, 6) is -0.0292. The topological polar surface area (TPSA) is 123 Å². The minimum Gasteiger partial charge on any atom is -0.467 e. The van der Waals surface area contributed by atoms with Crippen molar-refractivity contribution >= 4 is 18.3 Å². The van der Waals surface area contributed by atoms with Gasteiger partial charge in [-0.05, 0) is 37.2 Å². The normalized spacial score (nSPS) is 19.2. The zero-order chi connectivity index (χ0) is 35.9. The molecule has 7 unspecified atom stereocenters. The van der Waals surface area contributed by atoms with E-state index in [1.54, 1.807) is 24.0 Å². The Bertz CT molecular complexity index is 1010. The van der Waals surface area contributed by atoms with Crippen LogP contribution in [0.4, 0.5) is 0 Å². The van der Waals surface area contributed by atoms with Gasteiger partial charge in [0.15, 0.2) is 0 Å². The van der Waals surface area contributed by atoms with Crippen molar-refractivity contribution in [2.45, 2.75) is 117 Å². The van der Waals surface area contributed by atoms with Crippen LogP contribution < -0.4 is 11.1 Å². The Balaban J connectivity index is 0.000000946. The number of rotatable bonds is 17. The molecule has 2 rings (SSSR count). The second kappa shape index (κ2) is 25.1. The second-order valence-electron chi connectivity index (χ2n) is 12.3. The molecular formula is C37H66N4O6. The number of hydrogen-bond donors (Lipinski definition) is 2. The molecule has 0 aromatic carbocycles. The summed E-state index contributed by atoms with van der Waals surface area (Å²) in [7, 11) is 6.56. The van der Waals surface area contributed by atoms with Crippen LogP contribution in [0.15, 0.2) is 48.2 Å². The monoisotopic (exact) mass is 662 g/mol. The van der Waals surface area contributed by atoms with Crippen molar-refractivity contribution in [2.75, 3.05) is 41.5 Å². The lowest BCUT2D eigenvalue weighted by molar-refractivity contribution is -0.143. The Morgan fingerprint density at radius 1 is 1.13 bits per heavy atom. The van der Waals surface area contributed by atoms with E-state index in [-0.39, 0.29) is 48.6 Å². The van der Waals surface area contributed by atoms with Gasteiger partial charge in [-0.1, -0.05) is 91.3 Å². The van der Waals surface area contributed by atoms with Crippen LogP contribution in [0.5, 0.6) is 0 Å². The molecule has 47 heavy (non-hydrogen) atoms. The molecule has 1 saturated heterocycles. The number of likely N-dealkylation sites (N-methyl/N-ethyl adjacent to an activating group) is 1. The van der Waals surface area contributed by atoms with E-state index in [1.807, 2.05) is 32.2 Å². The predicted molar refractivity (Wildman–Crippen MR) is 192 cm³/mol. The highest BCUT2D eigenvalue weighted by Crippen LogP contribution is 2.28. The minimum absolute atomic E-state index is 0.0196. The van der Waals surface area contributed by atoms with Gasteiger partial charge in [0, 0.05) is 45.8 Å². The first-order valence-electron chi connectivity index (χ1n) is 17.2. The quantitative estimate of drug-likeness (QED) is 0.157. The van der Waals surface area contributed by atoms with Crippen LogP contribution in [0.2, 0.25) is 0 Å². The van der Waals surface area contributed by atoms with E-state index in [9.17, 15) is 14.4 Å². The number of methoxy groups -OCH3 is 3. The predicted octanol–water partition coefficient (Wildman–Crippen LogP) is 5.40. The molecule has 1 aliphatic heterocycles. The van der Waals surface area contributed by atoms with Gasteiger partial charge in [-0.3, -0.25) is 9.59 Å². The summed E-state index contributed by atoms with van der Waals surface area (Å²) in [5.41, 5.74) is 7.18. The lowest BCUT2D eigenvalue weighted by Gasteiger charge is -2.37. The van der Waals surface area contributed by atoms with Crippen molar-refractivity contribution in [2.24, 2.45) is 17.6 Å². The molecule has 0 spiro atoms. The SMILES string of the molecule is C=C(NC(CC1=CCC=CC=C1)C(=O)OC)C(C)C(OC)C1CCCN1C=O.CCC.CCC(C)C(C(CC)OC)N(C)C(=O)CN. The number of carbonyl (C=O) groups excluding carboxylic acids is 3. The summed E-state index contributed by atoms with van der Waals surface area (Å²) in [6, 6.07) is -0.403. The maximum absolute atomic E-state index is 12.3. The zero-order valence-corrected chi connectivity index (χ0v) is 31.0. The van der Waals surface area contributed by atoms with Crippen LogP contribution in [-0.4, -0.2) is 99.9 Å². The Hall–Kier alpha value is -2.95. The highest BCUT2D eigenvalue weighted by molar-refractivity contribution is 5.78. The lowest BCUT2D eigenvalue weighted by Crippen LogP contribution is -2.50. The Morgan fingerprint density at radius 2 is 1.79 bits per heavy atom. The molecule has 2 amide bonds. The molecule has 0 radical (unpaired) electrons. The maximum atomic E-state index is 12.3. The second-order valence-corrected chi connectivity index (χ2v) is 12.3. The summed E-state index contributed by atoms with van der Waals surface area (Å²) in [6.45, 7) is 17.6. The number of nitrogens with zero attached hydrogens (tertiary/aromatic N) is 2. The molecule has 0 aromatic rings. The first-order valence-corrected chi connectivity index (χ1v) is 17.2. The van der Waals surface area contributed by atoms with E-state index in [1.165, 1.54) is 13.5 Å². The zero-order valence-electron chi connectivity index (χ0n) is 31.0. The molecule has 0 aromatic heterocycles. The number of ether oxygens (including phenoxy) is 3. The number of amides is 2. The molecular weight excluding hydrogens is 596 g/mol. The summed E-state index contributed by atoms with van der Waals surface area (Å²) in [6.07, 6.45) is 17.3. The van der Waals surface area contributed by atoms with Gasteiger partial charge in [0.25, 0.3) is 0 Å². The highest BCUT2D eigenvalue weighted by atomic mass is 16.5. The number of esters is 1. The molecule has 0 bridgehead atoms. The molecule has 10 heteroatoms. The van der Waals surface area contributed by atoms with Gasteiger partial charge < -0.3 is 35.1 Å². The van der Waals surface area contributed by atoms with Gasteiger partial charge in [-0.25, -0.2) is 4.79 Å². The largest absolute Gasteiger partial charge is 0.467 e. The number of nitrogens with one attached hydrogen (secondary N) is 1. The number of nitrogens with two attached hydrogens (primary N) is 1. The number of allylic oxidation sites excluding steroid dienone is 5. The van der Waals surface area contributed by atoms with Crippen LogP contribution in [0.1, 0.15) is 86.5 Å². The third kappa shape index (κ3) is 14.8. The van der Waals surface area contributed by atoms with Crippen molar-refractivity contribution < 1.29 is 28.6 Å². The van der Waals surface area contributed by atoms with E-state index in [4.69, 9.17) is 19.9 Å². The molecule has 7 atom stereocenters. The standard InChI is InChI=1S/C22H32N2O4.C12H26N2O2.C3H8/c1-16(21(27-3)20-12-9-13-24(20)15-25)17(2)23-19(22(26)28-4)14-18-10-7-5-6-8-11-18;1-6-9(3)12(10(7-2)16-5)14(4)11(15)8-13;1-3-2/h5-7,10-11,15-16,19-21,23H,2,8-9,12-14H2,1,3-4H3;9-10,12H,6-8,13H2,1-5H3;3H2,1-2H3. The van der Waals surface area contributed by atoms with Crippen molar-refractivity contribution in [3.63, 3.8) is 0 Å². The fraction of sp³-hybridized carbons (Fsp3) is 0.703. The van der Waals surface area contributed by atoms with Gasteiger partial charge in [0.2, 0.25) is 12.3 Å². The Morgan fingerprint density at radius 3 is 2.30 bits per heavy atom. The third-order valence-corrected chi connectivity index (χ3v) is 8.86. The molecule has 10 nitrogen and oxygen atoms in total. The molecule has 1 aliphatic carbocycles. The van der Waals surface area contributed by atoms with Crippen molar-refractivity contribution in [1.82, 2.24) is 15.1 Å². The van der Waals surface area contributed by atoms with Crippen LogP contribution >= 0.6 is 0 Å². The summed E-state index contributed by atoms with van der Waals surface area (Å²) in [5, 5.41) is 3.26. The average molecular weight is 663 g/mol. The van der Waals surface area contributed by atoms with E-state index < -0.39 is 6.04 Å². The maximum Gasteiger partial charge on any atom is 0.328 e. The van der Waals surface area contributed by atoms with Crippen molar-refractivity contribution in [3.8, 4) is 0 Å². The molecule has 270 valence electrons. The smallest absolute Gasteiger partial charge is 0.328 e. The van der Waals surface area contributed by atoms with Crippen LogP contribution in [0.25, 0.3) is 0 Å². The molecule has 0 saturated carbocycles. The van der Waals surface area contributed by atoms with Gasteiger partial charge in [-0.15, -0.1) is 0 Å². The van der Waals surface area contributed by atoms with E-state index in [0.717, 1.165) is 50.6 Å². The molecule has 1 heterocycles. The highest BCUT2D eigenvalue weighted by Gasteiger charge is 2.36. The van der Waals surface area contributed by atoms with Crippen molar-refractivity contribution in [3.05, 3.63) is 48.2 Å². The third-order valence-electron chi connectivity index (χ3n) is 8.86. The fourth-order valence-electron chi connectivity index (χ4n) is 5.99. The Kier molecular flexibility index (Phi) is 23.5. The van der Waals surface area contributed by atoms with E-state index in [0.29, 0.717) is 18.0 Å². The van der Waals surface area contributed by atoms with Gasteiger partial charge >= 0.3 is 5.97 Å². The summed E-state index contributed by atoms with van der Waals surface area (Å²) in [4.78, 5) is 38.9. The molecule has 2 aliphatic rings. The average Bonchev–Trinajstić information content (AvgIpc) is 3.40. The first kappa shape index (κ1) is 44.0. The van der Waals surface area contributed by atoms with Gasteiger partial charge in [0.05, 0.1) is 37.9 Å². The Labute approximate surface area is 285 Å². The number of carbonyl (C=O) groups is 3. The summed E-state index contributed by atoms with van der Waals surface area (Å²) < 4.78 is 16.2. The minimum atomic E-state index is -0.530. The van der Waals surface area contributed by atoms with Crippen molar-refractivity contribution in [1.29, 1.82) is 0 Å². The van der Waals surface area contributed by atoms with E-state index in [2.05, 4.69) is 58.7 Å². The fourth-order valence-corrected chi connectivity index (χ4v) is 5.99. The van der Waals surface area contributed by atoms with E-state index >= 15 is 0 Å². The van der Waals surface area contributed by atoms with Gasteiger partial charge in [-0.2, -0.15) is 0 Å². The van der Waals surface area contributed by atoms with Gasteiger partial charge in [0.1, 0.15) is 6.04 Å². The first-order chi connectivity index (χ1) is 22.5. The molecule has 1 fully saturated rings. The van der Waals surface area contributed by atoms with Crippen LogP contribution in [-0.2, 0) is 28.6 Å². The lowest BCUT2D eigenvalue weighted by atomic mass is 9.91. The van der Waals surface area contributed by atoms with Crippen LogP contribution in [0, 0.1) is 11.8 Å². The summed E-state index contributed by atoms with van der Waals surface area (Å²) >= 11 is 0. The molecule has 3 N–H and O–H groups in total. The number of hydrogen-bond acceptors (Lipinski definition) is 8. The van der Waals surface area contributed by atoms with Crippen LogP contribution in [0.3, 0.4) is 0 Å².